The molecule has 0 bridgehead atoms. The summed E-state index contributed by atoms with van der Waals surface area (Å²) in [6.45, 7) is 2.11. The number of thiocarbonyl (C=S) groups is 2. The molecular formula is C17H15ClN4S2. The van der Waals surface area contributed by atoms with Crippen LogP contribution in [0.15, 0.2) is 54.6 Å². The number of hydrogen-bond acceptors (Lipinski definition) is 2. The Bertz CT molecular complexity index is 811. The molecule has 2 aromatic rings. The molecule has 2 aliphatic heterocycles. The van der Waals surface area contributed by atoms with Crippen molar-refractivity contribution in [3.05, 3.63) is 65.2 Å². The third kappa shape index (κ3) is 2.25. The van der Waals surface area contributed by atoms with Crippen molar-refractivity contribution in [1.29, 1.82) is 0 Å². The Morgan fingerprint density at radius 1 is 1.00 bits per heavy atom. The van der Waals surface area contributed by atoms with Crippen molar-refractivity contribution in [2.45, 2.75) is 18.6 Å². The molecule has 24 heavy (non-hydrogen) atoms. The molecule has 0 saturated carbocycles. The van der Waals surface area contributed by atoms with E-state index >= 15 is 0 Å². The Kier molecular flexibility index (Phi) is 3.63. The number of para-hydroxylation sites is 1. The number of halogens is 1. The van der Waals surface area contributed by atoms with Crippen LogP contribution in [0.2, 0.25) is 5.02 Å². The van der Waals surface area contributed by atoms with Gasteiger partial charge in [-0.15, -0.1) is 0 Å². The fraction of sp³-hybridized carbons (Fsp3) is 0.176. The van der Waals surface area contributed by atoms with Crippen molar-refractivity contribution < 1.29 is 0 Å². The SMILES string of the molecule is C[C@@]1(c2ccc(Cl)cc2)NC(=S)N2[C@@H]1NC(=S)N2c1ccccc1. The van der Waals surface area contributed by atoms with Crippen LogP contribution in [-0.2, 0) is 5.54 Å². The van der Waals surface area contributed by atoms with E-state index in [-0.39, 0.29) is 6.17 Å². The molecule has 2 atom stereocenters. The maximum atomic E-state index is 6.03. The van der Waals surface area contributed by atoms with Gasteiger partial charge in [-0.05, 0) is 61.2 Å². The summed E-state index contributed by atoms with van der Waals surface area (Å²) < 4.78 is 0. The minimum atomic E-state index is -0.421. The number of nitrogens with one attached hydrogen (secondary N) is 2. The van der Waals surface area contributed by atoms with Crippen molar-refractivity contribution in [2.75, 3.05) is 5.01 Å². The van der Waals surface area contributed by atoms with E-state index in [0.29, 0.717) is 15.2 Å². The summed E-state index contributed by atoms with van der Waals surface area (Å²) in [6, 6.07) is 17.8. The Labute approximate surface area is 156 Å². The summed E-state index contributed by atoms with van der Waals surface area (Å²) in [5, 5.41) is 12.8. The van der Waals surface area contributed by atoms with Gasteiger partial charge in [-0.2, -0.15) is 0 Å². The van der Waals surface area contributed by atoms with E-state index < -0.39 is 5.54 Å². The quantitative estimate of drug-likeness (QED) is 0.784. The van der Waals surface area contributed by atoms with Crippen molar-refractivity contribution >= 4 is 51.9 Å². The van der Waals surface area contributed by atoms with Crippen LogP contribution in [-0.4, -0.2) is 21.4 Å². The van der Waals surface area contributed by atoms with Gasteiger partial charge in [-0.25, -0.2) is 10.0 Å². The van der Waals surface area contributed by atoms with Crippen LogP contribution in [0.4, 0.5) is 5.69 Å². The highest BCUT2D eigenvalue weighted by Gasteiger charge is 2.54. The van der Waals surface area contributed by atoms with E-state index in [2.05, 4.69) is 17.6 Å². The molecule has 4 nitrogen and oxygen atoms in total. The topological polar surface area (TPSA) is 30.5 Å². The minimum absolute atomic E-state index is 0.112. The van der Waals surface area contributed by atoms with Gasteiger partial charge in [-0.1, -0.05) is 41.9 Å². The second kappa shape index (κ2) is 5.58. The summed E-state index contributed by atoms with van der Waals surface area (Å²) in [4.78, 5) is 0. The monoisotopic (exact) mass is 374 g/mol. The molecule has 0 aliphatic carbocycles. The third-order valence-corrected chi connectivity index (χ3v) is 5.31. The van der Waals surface area contributed by atoms with Crippen LogP contribution in [0.25, 0.3) is 0 Å². The Morgan fingerprint density at radius 2 is 1.67 bits per heavy atom. The zero-order chi connectivity index (χ0) is 16.9. The highest BCUT2D eigenvalue weighted by atomic mass is 35.5. The summed E-state index contributed by atoms with van der Waals surface area (Å²) >= 11 is 17.2. The van der Waals surface area contributed by atoms with Crippen LogP contribution < -0.4 is 15.6 Å². The van der Waals surface area contributed by atoms with Crippen molar-refractivity contribution in [3.63, 3.8) is 0 Å². The fourth-order valence-corrected chi connectivity index (χ4v) is 4.06. The van der Waals surface area contributed by atoms with E-state index in [1.54, 1.807) is 0 Å². The number of hydrazine groups is 1. The standard InChI is InChI=1S/C17H15ClN4S2/c1-17(11-7-9-12(18)10-8-11)14-19-15(23)21(22(14)16(24)20-17)13-5-3-2-4-6-13/h2-10,14H,1H3,(H,19,23)(H,20,24)/t14-,17-/m0/s1. The molecule has 2 fully saturated rings. The van der Waals surface area contributed by atoms with Crippen LogP contribution in [0.3, 0.4) is 0 Å². The molecule has 0 amide bonds. The molecule has 0 unspecified atom stereocenters. The third-order valence-electron chi connectivity index (χ3n) is 4.48. The molecule has 2 heterocycles. The van der Waals surface area contributed by atoms with Crippen molar-refractivity contribution in [3.8, 4) is 0 Å². The van der Waals surface area contributed by atoms with Crippen LogP contribution in [0.5, 0.6) is 0 Å². The molecule has 2 aliphatic rings. The van der Waals surface area contributed by atoms with Gasteiger partial charge in [0.1, 0.15) is 5.54 Å². The van der Waals surface area contributed by atoms with Crippen LogP contribution in [0, 0.1) is 0 Å². The second-order valence-electron chi connectivity index (χ2n) is 5.98. The minimum Gasteiger partial charge on any atom is -0.348 e. The van der Waals surface area contributed by atoms with Gasteiger partial charge < -0.3 is 10.6 Å². The van der Waals surface area contributed by atoms with Crippen molar-refractivity contribution in [1.82, 2.24) is 15.6 Å². The zero-order valence-electron chi connectivity index (χ0n) is 12.9. The average molecular weight is 375 g/mol. The number of fused-ring (bicyclic) bond motifs is 1. The second-order valence-corrected chi connectivity index (χ2v) is 7.19. The summed E-state index contributed by atoms with van der Waals surface area (Å²) in [5.74, 6) is 0. The maximum Gasteiger partial charge on any atom is 0.194 e. The Balaban J connectivity index is 1.75. The number of nitrogens with zero attached hydrogens (tertiary/aromatic N) is 2. The smallest absolute Gasteiger partial charge is 0.194 e. The molecule has 0 radical (unpaired) electrons. The summed E-state index contributed by atoms with van der Waals surface area (Å²) in [6.07, 6.45) is -0.112. The number of hydrogen-bond donors (Lipinski definition) is 2. The van der Waals surface area contributed by atoms with Gasteiger partial charge in [0.25, 0.3) is 0 Å². The van der Waals surface area contributed by atoms with Gasteiger partial charge in [0.15, 0.2) is 16.4 Å². The number of benzene rings is 2. The first-order chi connectivity index (χ1) is 11.5. The lowest BCUT2D eigenvalue weighted by Crippen LogP contribution is -2.49. The lowest BCUT2D eigenvalue weighted by atomic mass is 9.90. The van der Waals surface area contributed by atoms with E-state index in [9.17, 15) is 0 Å². The maximum absolute atomic E-state index is 6.03. The highest BCUT2D eigenvalue weighted by Crippen LogP contribution is 2.38. The normalized spacial score (nSPS) is 25.5. The van der Waals surface area contributed by atoms with Crippen molar-refractivity contribution in [2.24, 2.45) is 0 Å². The van der Waals surface area contributed by atoms with E-state index in [0.717, 1.165) is 11.3 Å². The number of rotatable bonds is 2. The Hall–Kier alpha value is -1.89. The summed E-state index contributed by atoms with van der Waals surface area (Å²) in [5.41, 5.74) is 1.64. The lowest BCUT2D eigenvalue weighted by Gasteiger charge is -2.31. The molecule has 2 saturated heterocycles. The molecule has 7 heteroatoms. The number of anilines is 1. The molecule has 2 aromatic carbocycles. The van der Waals surface area contributed by atoms with Gasteiger partial charge >= 0.3 is 0 Å². The predicted molar refractivity (Wildman–Crippen MR) is 105 cm³/mol. The average Bonchev–Trinajstić information content (AvgIpc) is 3.05. The predicted octanol–water partition coefficient (Wildman–Crippen LogP) is 3.38. The van der Waals surface area contributed by atoms with Crippen LogP contribution in [0.1, 0.15) is 12.5 Å². The van der Waals surface area contributed by atoms with E-state index in [1.165, 1.54) is 0 Å². The lowest BCUT2D eigenvalue weighted by molar-refractivity contribution is 0.264. The van der Waals surface area contributed by atoms with Gasteiger partial charge in [0, 0.05) is 5.02 Å². The molecular weight excluding hydrogens is 360 g/mol. The first kappa shape index (κ1) is 15.6. The first-order valence-corrected chi connectivity index (χ1v) is 8.73. The fourth-order valence-electron chi connectivity index (χ4n) is 3.23. The van der Waals surface area contributed by atoms with Gasteiger partial charge in [0.05, 0.1) is 5.69 Å². The molecule has 2 N–H and O–H groups in total. The first-order valence-electron chi connectivity index (χ1n) is 7.54. The largest absolute Gasteiger partial charge is 0.348 e. The van der Waals surface area contributed by atoms with Gasteiger partial charge in [-0.3, -0.25) is 0 Å². The van der Waals surface area contributed by atoms with Gasteiger partial charge in [0.2, 0.25) is 0 Å². The highest BCUT2D eigenvalue weighted by molar-refractivity contribution is 7.81. The molecule has 4 rings (SSSR count). The zero-order valence-corrected chi connectivity index (χ0v) is 15.3. The Morgan fingerprint density at radius 3 is 2.33 bits per heavy atom. The van der Waals surface area contributed by atoms with E-state index in [1.807, 2.05) is 64.6 Å². The molecule has 0 aromatic heterocycles. The molecule has 0 spiro atoms. The van der Waals surface area contributed by atoms with E-state index in [4.69, 9.17) is 36.0 Å². The van der Waals surface area contributed by atoms with Crippen LogP contribution >= 0.6 is 36.0 Å². The molecule has 122 valence electrons. The summed E-state index contributed by atoms with van der Waals surface area (Å²) in [7, 11) is 0.